The van der Waals surface area contributed by atoms with Crippen LogP contribution in [0, 0.1) is 5.92 Å². The van der Waals surface area contributed by atoms with E-state index in [1.165, 1.54) is 243 Å². The average molecular weight is 804 g/mol. The van der Waals surface area contributed by atoms with Crippen LogP contribution in [0.4, 0.5) is 0 Å². The Morgan fingerprint density at radius 3 is 1.19 bits per heavy atom. The van der Waals surface area contributed by atoms with Crippen molar-refractivity contribution < 1.29 is 14.6 Å². The Morgan fingerprint density at radius 1 is 0.439 bits per heavy atom. The first-order chi connectivity index (χ1) is 28.1. The molecule has 57 heavy (non-hydrogen) atoms. The summed E-state index contributed by atoms with van der Waals surface area (Å²) in [6, 6.07) is 0. The molecular weight excluding hydrogens is 699 g/mol. The van der Waals surface area contributed by atoms with Crippen LogP contribution in [0.2, 0.25) is 0 Å². The molecule has 1 N–H and O–H groups in total. The zero-order valence-electron chi connectivity index (χ0n) is 39.5. The number of carbonyl (C=O) groups is 1. The van der Waals surface area contributed by atoms with E-state index in [-0.39, 0.29) is 5.97 Å². The van der Waals surface area contributed by atoms with Crippen molar-refractivity contribution in [2.75, 3.05) is 32.8 Å². The molecule has 0 spiro atoms. The average Bonchev–Trinajstić information content (AvgIpc) is 3.21. The summed E-state index contributed by atoms with van der Waals surface area (Å²) < 4.78 is 5.71. The van der Waals surface area contributed by atoms with E-state index in [2.05, 4.69) is 32.3 Å². The van der Waals surface area contributed by atoms with Crippen molar-refractivity contribution in [2.24, 2.45) is 5.92 Å². The Hall–Kier alpha value is -0.870. The lowest BCUT2D eigenvalue weighted by Gasteiger charge is -2.22. The highest BCUT2D eigenvalue weighted by Gasteiger charge is 2.11. The molecular formula is C53H105NO3. The smallest absolute Gasteiger partial charge is 0.305 e. The van der Waals surface area contributed by atoms with Gasteiger partial charge in [0.1, 0.15) is 0 Å². The molecule has 0 rings (SSSR count). The molecule has 0 aromatic rings. The number of rotatable bonds is 49. The Morgan fingerprint density at radius 2 is 0.772 bits per heavy atom. The number of carbonyl (C=O) groups excluding carboxylic acids is 1. The van der Waals surface area contributed by atoms with Gasteiger partial charge >= 0.3 is 5.97 Å². The van der Waals surface area contributed by atoms with Gasteiger partial charge < -0.3 is 14.7 Å². The minimum atomic E-state index is 0.0252. The first-order valence-corrected chi connectivity index (χ1v) is 26.2. The number of hydrogen-bond donors (Lipinski definition) is 1. The van der Waals surface area contributed by atoms with E-state index in [9.17, 15) is 9.90 Å². The third kappa shape index (κ3) is 44.5. The third-order valence-electron chi connectivity index (χ3n) is 12.6. The van der Waals surface area contributed by atoms with E-state index in [1.807, 2.05) is 0 Å². The second kappa shape index (κ2) is 47.8. The molecule has 0 aliphatic carbocycles. The number of aliphatic hydroxyl groups is 1. The van der Waals surface area contributed by atoms with E-state index in [1.54, 1.807) is 0 Å². The Bertz CT molecular complexity index is 799. The molecule has 0 aliphatic rings. The molecule has 0 aliphatic heterocycles. The third-order valence-corrected chi connectivity index (χ3v) is 12.6. The Labute approximate surface area is 359 Å². The van der Waals surface area contributed by atoms with Crippen LogP contribution >= 0.6 is 0 Å². The van der Waals surface area contributed by atoms with Gasteiger partial charge in [0.25, 0.3) is 0 Å². The summed E-state index contributed by atoms with van der Waals surface area (Å²) >= 11 is 0. The molecule has 0 bridgehead atoms. The van der Waals surface area contributed by atoms with Crippen LogP contribution < -0.4 is 0 Å². The predicted molar refractivity (Wildman–Crippen MR) is 253 cm³/mol. The predicted octanol–water partition coefficient (Wildman–Crippen LogP) is 17.1. The molecule has 4 nitrogen and oxygen atoms in total. The van der Waals surface area contributed by atoms with Crippen LogP contribution in [0.15, 0.2) is 12.2 Å². The number of esters is 1. The van der Waals surface area contributed by atoms with Gasteiger partial charge in [-0.3, -0.25) is 4.79 Å². The quantitative estimate of drug-likeness (QED) is 0.0378. The maximum atomic E-state index is 12.4. The van der Waals surface area contributed by atoms with Gasteiger partial charge in [-0.15, -0.1) is 0 Å². The highest BCUT2D eigenvalue weighted by molar-refractivity contribution is 5.69. The van der Waals surface area contributed by atoms with Crippen LogP contribution in [-0.4, -0.2) is 48.8 Å². The number of hydrogen-bond acceptors (Lipinski definition) is 4. The summed E-state index contributed by atoms with van der Waals surface area (Å²) in [6.45, 7) is 15.7. The van der Waals surface area contributed by atoms with E-state index in [4.69, 9.17) is 4.74 Å². The molecule has 340 valence electrons. The lowest BCUT2D eigenvalue weighted by Crippen LogP contribution is -2.27. The highest BCUT2D eigenvalue weighted by atomic mass is 16.5. The van der Waals surface area contributed by atoms with E-state index in [0.717, 1.165) is 44.6 Å². The van der Waals surface area contributed by atoms with Gasteiger partial charge in [-0.25, -0.2) is 0 Å². The summed E-state index contributed by atoms with van der Waals surface area (Å²) in [6.07, 6.45) is 53.1. The van der Waals surface area contributed by atoms with Crippen molar-refractivity contribution in [3.63, 3.8) is 0 Å². The molecule has 1 atom stereocenters. The van der Waals surface area contributed by atoms with Gasteiger partial charge in [-0.1, -0.05) is 226 Å². The SMILES string of the molecule is C=C(CCCCCCCCCCC)CCCCCCCCCN(CCCCO)CCCCCCCCCC(=O)OCCC(CCCCCC)CCCCCCCC. The van der Waals surface area contributed by atoms with Gasteiger partial charge in [0.2, 0.25) is 0 Å². The molecule has 1 unspecified atom stereocenters. The standard InChI is InChI=1S/C53H105NO3/c1-5-8-11-14-16-17-20-25-31-40-51(4)41-32-26-21-18-23-29-36-46-54(48-38-39-49-55)47-37-30-24-19-22-28-35-44-53(56)57-50-45-52(42-33-13-10-7-3)43-34-27-15-12-9-6-2/h52,55H,4-50H2,1-3H3. The molecule has 0 heterocycles. The number of allylic oxidation sites excluding steroid dienone is 1. The van der Waals surface area contributed by atoms with Gasteiger partial charge in [0, 0.05) is 13.0 Å². The summed E-state index contributed by atoms with van der Waals surface area (Å²) in [5.41, 5.74) is 1.49. The monoisotopic (exact) mass is 804 g/mol. The van der Waals surface area contributed by atoms with Crippen molar-refractivity contribution in [3.05, 3.63) is 12.2 Å². The molecule has 0 saturated heterocycles. The second-order valence-electron chi connectivity index (χ2n) is 18.3. The normalized spacial score (nSPS) is 12.2. The minimum absolute atomic E-state index is 0.0252. The lowest BCUT2D eigenvalue weighted by atomic mass is 9.92. The van der Waals surface area contributed by atoms with E-state index in [0.29, 0.717) is 19.6 Å². The number of nitrogens with zero attached hydrogens (tertiary/aromatic N) is 1. The first kappa shape index (κ1) is 56.1. The lowest BCUT2D eigenvalue weighted by molar-refractivity contribution is -0.144. The fourth-order valence-electron chi connectivity index (χ4n) is 8.59. The van der Waals surface area contributed by atoms with Crippen LogP contribution in [0.3, 0.4) is 0 Å². The van der Waals surface area contributed by atoms with E-state index >= 15 is 0 Å². The molecule has 0 fully saturated rings. The largest absolute Gasteiger partial charge is 0.466 e. The van der Waals surface area contributed by atoms with Gasteiger partial charge in [-0.2, -0.15) is 0 Å². The van der Waals surface area contributed by atoms with Gasteiger partial charge in [0.15, 0.2) is 0 Å². The zero-order valence-corrected chi connectivity index (χ0v) is 39.5. The maximum Gasteiger partial charge on any atom is 0.305 e. The molecule has 0 aromatic heterocycles. The fraction of sp³-hybridized carbons (Fsp3) is 0.943. The minimum Gasteiger partial charge on any atom is -0.466 e. The summed E-state index contributed by atoms with van der Waals surface area (Å²) in [5.74, 6) is 0.756. The second-order valence-corrected chi connectivity index (χ2v) is 18.3. The highest BCUT2D eigenvalue weighted by Crippen LogP contribution is 2.23. The van der Waals surface area contributed by atoms with Crippen molar-refractivity contribution in [2.45, 2.75) is 284 Å². The van der Waals surface area contributed by atoms with Crippen molar-refractivity contribution in [1.82, 2.24) is 4.90 Å². The Kier molecular flexibility index (Phi) is 47.1. The fourth-order valence-corrected chi connectivity index (χ4v) is 8.59. The van der Waals surface area contributed by atoms with Gasteiger partial charge in [0.05, 0.1) is 6.61 Å². The van der Waals surface area contributed by atoms with Crippen LogP contribution in [0.1, 0.15) is 284 Å². The zero-order chi connectivity index (χ0) is 41.5. The van der Waals surface area contributed by atoms with Crippen LogP contribution in [0.5, 0.6) is 0 Å². The molecule has 0 amide bonds. The number of unbranched alkanes of at least 4 members (excludes halogenated alkanes) is 29. The van der Waals surface area contributed by atoms with Crippen LogP contribution in [-0.2, 0) is 9.53 Å². The topological polar surface area (TPSA) is 49.8 Å². The van der Waals surface area contributed by atoms with Crippen molar-refractivity contribution in [3.8, 4) is 0 Å². The number of aliphatic hydroxyl groups excluding tert-OH is 1. The van der Waals surface area contributed by atoms with E-state index < -0.39 is 0 Å². The molecule has 0 aromatic carbocycles. The number of ether oxygens (including phenoxy) is 1. The van der Waals surface area contributed by atoms with Crippen molar-refractivity contribution >= 4 is 5.97 Å². The van der Waals surface area contributed by atoms with Crippen LogP contribution in [0.25, 0.3) is 0 Å². The van der Waals surface area contributed by atoms with Gasteiger partial charge in [-0.05, 0) is 89.8 Å². The summed E-state index contributed by atoms with van der Waals surface area (Å²) in [7, 11) is 0. The Balaban J connectivity index is 3.88. The maximum absolute atomic E-state index is 12.4. The molecule has 0 saturated carbocycles. The summed E-state index contributed by atoms with van der Waals surface area (Å²) in [5, 5.41) is 9.30. The molecule has 4 heteroatoms. The first-order valence-electron chi connectivity index (χ1n) is 26.2. The molecule has 0 radical (unpaired) electrons. The van der Waals surface area contributed by atoms with Crippen molar-refractivity contribution in [1.29, 1.82) is 0 Å². The summed E-state index contributed by atoms with van der Waals surface area (Å²) in [4.78, 5) is 15.1.